The Morgan fingerprint density at radius 1 is 0.967 bits per heavy atom. The molecule has 0 atom stereocenters. The number of nitrogens with zero attached hydrogens (tertiary/aromatic N) is 1. The fraction of sp³-hybridized carbons (Fsp3) is 0.391. The molecule has 2 aromatic carbocycles. The number of hydrogen-bond acceptors (Lipinski definition) is 5. The maximum absolute atomic E-state index is 12.9. The second-order valence-corrected chi connectivity index (χ2v) is 8.14. The minimum Gasteiger partial charge on any atom is -0.493 e. The van der Waals surface area contributed by atoms with E-state index in [1.165, 1.54) is 21.3 Å². The first kappa shape index (κ1) is 21.5. The van der Waals surface area contributed by atoms with Crippen LogP contribution in [0, 0.1) is 5.41 Å². The van der Waals surface area contributed by atoms with E-state index in [1.54, 1.807) is 18.2 Å². The zero-order valence-electron chi connectivity index (χ0n) is 18.3. The fourth-order valence-electron chi connectivity index (χ4n) is 3.57. The van der Waals surface area contributed by atoms with Crippen molar-refractivity contribution >= 4 is 23.2 Å². The minimum absolute atomic E-state index is 0.0908. The molecule has 2 amide bonds. The molecule has 30 heavy (non-hydrogen) atoms. The van der Waals surface area contributed by atoms with Crippen LogP contribution in [0.15, 0.2) is 30.3 Å². The third kappa shape index (κ3) is 3.92. The van der Waals surface area contributed by atoms with Crippen molar-refractivity contribution in [3.05, 3.63) is 41.5 Å². The van der Waals surface area contributed by atoms with E-state index in [2.05, 4.69) is 5.32 Å². The fourth-order valence-corrected chi connectivity index (χ4v) is 3.57. The van der Waals surface area contributed by atoms with Gasteiger partial charge in [-0.05, 0) is 42.3 Å². The zero-order valence-corrected chi connectivity index (χ0v) is 18.3. The Hall–Kier alpha value is -3.22. The van der Waals surface area contributed by atoms with E-state index in [0.717, 1.165) is 17.7 Å². The monoisotopic (exact) mass is 412 g/mol. The van der Waals surface area contributed by atoms with Crippen LogP contribution in [0.3, 0.4) is 0 Å². The van der Waals surface area contributed by atoms with Gasteiger partial charge in [0.1, 0.15) is 0 Å². The Morgan fingerprint density at radius 2 is 1.67 bits per heavy atom. The molecule has 0 saturated heterocycles. The molecule has 2 aromatic rings. The van der Waals surface area contributed by atoms with Gasteiger partial charge in [-0.25, -0.2) is 0 Å². The van der Waals surface area contributed by atoms with Gasteiger partial charge in [-0.1, -0.05) is 20.8 Å². The Labute approximate surface area is 176 Å². The second-order valence-electron chi connectivity index (χ2n) is 8.14. The molecule has 1 aliphatic heterocycles. The largest absolute Gasteiger partial charge is 0.493 e. The summed E-state index contributed by atoms with van der Waals surface area (Å²) in [5.41, 5.74) is 2.47. The van der Waals surface area contributed by atoms with Crippen molar-refractivity contribution in [3.63, 3.8) is 0 Å². The van der Waals surface area contributed by atoms with Gasteiger partial charge in [-0.2, -0.15) is 0 Å². The summed E-state index contributed by atoms with van der Waals surface area (Å²) in [5.74, 6) is 0.906. The van der Waals surface area contributed by atoms with Crippen LogP contribution in [-0.2, 0) is 11.2 Å². The maximum Gasteiger partial charge on any atom is 0.259 e. The number of ether oxygens (including phenoxy) is 3. The van der Waals surface area contributed by atoms with Crippen LogP contribution in [0.25, 0.3) is 0 Å². The van der Waals surface area contributed by atoms with Gasteiger partial charge in [0, 0.05) is 23.3 Å². The van der Waals surface area contributed by atoms with Crippen LogP contribution < -0.4 is 24.4 Å². The Bertz CT molecular complexity index is 978. The quantitative estimate of drug-likeness (QED) is 0.806. The number of nitrogens with one attached hydrogen (secondary N) is 1. The highest BCUT2D eigenvalue weighted by Gasteiger charge is 2.32. The van der Waals surface area contributed by atoms with E-state index >= 15 is 0 Å². The third-order valence-electron chi connectivity index (χ3n) is 5.07. The molecule has 160 valence electrons. The predicted molar refractivity (Wildman–Crippen MR) is 116 cm³/mol. The number of anilines is 2. The molecule has 7 heteroatoms. The topological polar surface area (TPSA) is 77.1 Å². The summed E-state index contributed by atoms with van der Waals surface area (Å²) in [6.45, 7) is 6.39. The first-order valence-electron chi connectivity index (χ1n) is 9.76. The van der Waals surface area contributed by atoms with Crippen molar-refractivity contribution in [1.82, 2.24) is 0 Å². The molecule has 0 fully saturated rings. The Kier molecular flexibility index (Phi) is 5.92. The van der Waals surface area contributed by atoms with Crippen LogP contribution in [0.2, 0.25) is 0 Å². The van der Waals surface area contributed by atoms with Crippen LogP contribution in [0.5, 0.6) is 17.2 Å². The van der Waals surface area contributed by atoms with Crippen LogP contribution in [0.1, 0.15) is 36.7 Å². The highest BCUT2D eigenvalue weighted by Crippen LogP contribution is 2.40. The molecular formula is C23H28N2O5. The number of benzene rings is 2. The van der Waals surface area contributed by atoms with Gasteiger partial charge in [0.15, 0.2) is 11.5 Å². The lowest BCUT2D eigenvalue weighted by molar-refractivity contribution is -0.125. The summed E-state index contributed by atoms with van der Waals surface area (Å²) >= 11 is 0. The lowest BCUT2D eigenvalue weighted by Gasteiger charge is -2.26. The summed E-state index contributed by atoms with van der Waals surface area (Å²) in [7, 11) is 4.49. The average Bonchev–Trinajstić information content (AvgIpc) is 3.13. The van der Waals surface area contributed by atoms with Crippen molar-refractivity contribution in [3.8, 4) is 17.2 Å². The number of rotatable bonds is 5. The molecule has 0 aromatic heterocycles. The van der Waals surface area contributed by atoms with Gasteiger partial charge >= 0.3 is 0 Å². The van der Waals surface area contributed by atoms with Crippen molar-refractivity contribution < 1.29 is 23.8 Å². The summed E-state index contributed by atoms with van der Waals surface area (Å²) in [6, 6.07) is 8.89. The summed E-state index contributed by atoms with van der Waals surface area (Å²) in [4.78, 5) is 27.4. The van der Waals surface area contributed by atoms with Gasteiger partial charge in [0.2, 0.25) is 11.7 Å². The molecule has 0 radical (unpaired) electrons. The summed E-state index contributed by atoms with van der Waals surface area (Å²) in [6.07, 6.45) is 0.751. The summed E-state index contributed by atoms with van der Waals surface area (Å²) in [5, 5.41) is 2.91. The van der Waals surface area contributed by atoms with Crippen molar-refractivity contribution in [1.29, 1.82) is 0 Å². The normalized spacial score (nSPS) is 12.9. The molecule has 0 bridgehead atoms. The molecule has 1 N–H and O–H groups in total. The lowest BCUT2D eigenvalue weighted by atomic mass is 9.94. The van der Waals surface area contributed by atoms with Gasteiger partial charge in [-0.15, -0.1) is 0 Å². The highest BCUT2D eigenvalue weighted by atomic mass is 16.5. The molecular weight excluding hydrogens is 384 g/mol. The average molecular weight is 412 g/mol. The van der Waals surface area contributed by atoms with E-state index < -0.39 is 5.41 Å². The second kappa shape index (κ2) is 8.26. The van der Waals surface area contributed by atoms with Crippen LogP contribution in [0.4, 0.5) is 11.4 Å². The lowest BCUT2D eigenvalue weighted by Crippen LogP contribution is -2.38. The molecule has 0 saturated carbocycles. The smallest absolute Gasteiger partial charge is 0.259 e. The van der Waals surface area contributed by atoms with E-state index in [4.69, 9.17) is 14.2 Å². The molecule has 0 spiro atoms. The highest BCUT2D eigenvalue weighted by molar-refractivity contribution is 6.07. The van der Waals surface area contributed by atoms with Crippen LogP contribution in [-0.4, -0.2) is 39.7 Å². The third-order valence-corrected chi connectivity index (χ3v) is 5.07. The van der Waals surface area contributed by atoms with Gasteiger partial charge in [0.05, 0.1) is 26.9 Å². The van der Waals surface area contributed by atoms with Gasteiger partial charge < -0.3 is 24.4 Å². The van der Waals surface area contributed by atoms with E-state index in [-0.39, 0.29) is 11.8 Å². The molecule has 3 rings (SSSR count). The molecule has 0 aliphatic carbocycles. The van der Waals surface area contributed by atoms with Gasteiger partial charge in [-0.3, -0.25) is 9.59 Å². The zero-order chi connectivity index (χ0) is 22.1. The number of methoxy groups -OCH3 is 3. The number of hydrogen-bond donors (Lipinski definition) is 1. The number of carbonyl (C=O) groups is 2. The van der Waals surface area contributed by atoms with E-state index in [0.29, 0.717) is 35.0 Å². The van der Waals surface area contributed by atoms with E-state index in [9.17, 15) is 9.59 Å². The molecule has 1 aliphatic rings. The number of fused-ring (bicyclic) bond motifs is 1. The van der Waals surface area contributed by atoms with E-state index in [1.807, 2.05) is 37.8 Å². The standard InChI is InChI=1S/C23H28N2O5/c1-23(2,3)22(27)25-12-11-14-13-15(7-9-17(14)25)24-21(26)16-8-10-18(28-4)20(30-6)19(16)29-5/h7-10,13H,11-12H2,1-6H3,(H,24,26). The maximum atomic E-state index is 12.9. The van der Waals surface area contributed by atoms with Gasteiger partial charge in [0.25, 0.3) is 5.91 Å². The molecule has 7 nitrogen and oxygen atoms in total. The summed E-state index contributed by atoms with van der Waals surface area (Å²) < 4.78 is 16.0. The first-order valence-corrected chi connectivity index (χ1v) is 9.76. The molecule has 1 heterocycles. The first-order chi connectivity index (χ1) is 14.2. The van der Waals surface area contributed by atoms with Crippen molar-refractivity contribution in [2.45, 2.75) is 27.2 Å². The van der Waals surface area contributed by atoms with Crippen molar-refractivity contribution in [2.24, 2.45) is 5.41 Å². The number of carbonyl (C=O) groups excluding carboxylic acids is 2. The number of amides is 2. The molecule has 0 unspecified atom stereocenters. The Balaban J connectivity index is 1.85. The Morgan fingerprint density at radius 3 is 2.27 bits per heavy atom. The predicted octanol–water partition coefficient (Wildman–Crippen LogP) is 3.90. The minimum atomic E-state index is -0.446. The van der Waals surface area contributed by atoms with Crippen molar-refractivity contribution in [2.75, 3.05) is 38.1 Å². The van der Waals surface area contributed by atoms with Crippen LogP contribution >= 0.6 is 0 Å². The SMILES string of the molecule is COc1ccc(C(=O)Nc2ccc3c(c2)CCN3C(=O)C(C)(C)C)c(OC)c1OC.